The van der Waals surface area contributed by atoms with Gasteiger partial charge in [-0.3, -0.25) is 0 Å². The van der Waals surface area contributed by atoms with Gasteiger partial charge >= 0.3 is 0 Å². The van der Waals surface area contributed by atoms with Crippen LogP contribution in [0.2, 0.25) is 0 Å². The zero-order chi connectivity index (χ0) is 40.7. The second-order valence-electron chi connectivity index (χ2n) is 13.1. The summed E-state index contributed by atoms with van der Waals surface area (Å²) in [7, 11) is 0. The molecule has 5 rings (SSSR count). The minimum absolute atomic E-state index is 0.487. The summed E-state index contributed by atoms with van der Waals surface area (Å²) in [5.41, 5.74) is 0.487. The third-order valence-corrected chi connectivity index (χ3v) is 9.41. The second kappa shape index (κ2) is 20.5. The Bertz CT molecular complexity index is 1320. The molecule has 15 N–H and O–H groups in total. The normalized spacial score (nSPS) is 45.5. The van der Waals surface area contributed by atoms with Gasteiger partial charge < -0.3 is 110 Å². The van der Waals surface area contributed by atoms with Crippen LogP contribution in [0.3, 0.4) is 0 Å². The first kappa shape index (κ1) is 45.5. The maximum Gasteiger partial charge on any atom is 0.188 e. The van der Waals surface area contributed by atoms with Gasteiger partial charge in [0, 0.05) is 0 Å². The molecule has 0 amide bonds. The van der Waals surface area contributed by atoms with Gasteiger partial charge in [-0.05, 0) is 5.56 Å². The number of nitrogens with zero attached hydrogens (tertiary/aromatic N) is 1. The summed E-state index contributed by atoms with van der Waals surface area (Å²) >= 11 is 0. The average molecular weight is 800 g/mol. The molecule has 1 aromatic carbocycles. The van der Waals surface area contributed by atoms with Crippen LogP contribution in [0.1, 0.15) is 11.7 Å². The van der Waals surface area contributed by atoms with E-state index in [9.17, 15) is 76.8 Å². The fourth-order valence-corrected chi connectivity index (χ4v) is 6.08. The van der Waals surface area contributed by atoms with E-state index in [1.54, 1.807) is 30.3 Å². The van der Waals surface area contributed by atoms with Crippen molar-refractivity contribution in [3.63, 3.8) is 0 Å². The van der Waals surface area contributed by atoms with E-state index in [2.05, 4.69) is 0 Å². The number of aliphatic hydroxyl groups excluding tert-OH is 15. The highest BCUT2D eigenvalue weighted by Crippen LogP contribution is 2.30. The summed E-state index contributed by atoms with van der Waals surface area (Å²) in [4.78, 5) is 0. The number of benzene rings is 1. The molecule has 4 aliphatic heterocycles. The summed E-state index contributed by atoms with van der Waals surface area (Å²) in [5, 5.41) is 156. The van der Waals surface area contributed by atoms with E-state index in [1.807, 2.05) is 6.07 Å². The molecule has 4 aliphatic rings. The molecule has 0 aliphatic carbocycles. The number of aliphatic hydroxyl groups is 15. The Hall–Kier alpha value is -2.17. The average Bonchev–Trinajstić information content (AvgIpc) is 3.19. The van der Waals surface area contributed by atoms with Gasteiger partial charge in [-0.15, -0.1) is 0 Å². The summed E-state index contributed by atoms with van der Waals surface area (Å²) in [6, 6.07) is 10.3. The van der Waals surface area contributed by atoms with Crippen LogP contribution in [0, 0.1) is 11.3 Å². The molecular weight excluding hydrogens is 750 g/mol. The van der Waals surface area contributed by atoms with Gasteiger partial charge in [-0.25, -0.2) is 0 Å². The third kappa shape index (κ3) is 10.5. The number of hydrogen-bond acceptors (Lipinski definition) is 23. The molecular formula is C32H49NO22. The fourth-order valence-electron chi connectivity index (χ4n) is 6.08. The van der Waals surface area contributed by atoms with Crippen molar-refractivity contribution in [1.82, 2.24) is 0 Å². The van der Waals surface area contributed by atoms with E-state index >= 15 is 0 Å². The quantitative estimate of drug-likeness (QED) is 0.0988. The monoisotopic (exact) mass is 799 g/mol. The molecule has 23 heteroatoms. The van der Waals surface area contributed by atoms with Gasteiger partial charge in [0.05, 0.1) is 32.5 Å². The lowest BCUT2D eigenvalue weighted by Gasteiger charge is -2.45. The molecule has 23 nitrogen and oxygen atoms in total. The molecule has 4 heterocycles. The molecule has 55 heavy (non-hydrogen) atoms. The lowest BCUT2D eigenvalue weighted by molar-refractivity contribution is -0.355. The van der Waals surface area contributed by atoms with Crippen LogP contribution >= 0.6 is 0 Å². The minimum atomic E-state index is -1.74. The molecule has 1 aromatic rings. The van der Waals surface area contributed by atoms with Crippen molar-refractivity contribution in [2.45, 2.75) is 129 Å². The maximum atomic E-state index is 10.3. The smallest absolute Gasteiger partial charge is 0.188 e. The predicted octanol–water partition coefficient (Wildman–Crippen LogP) is -8.51. The Morgan fingerprint density at radius 2 is 1.00 bits per heavy atom. The van der Waals surface area contributed by atoms with Gasteiger partial charge in [-0.1, -0.05) is 30.3 Å². The third-order valence-electron chi connectivity index (χ3n) is 9.41. The van der Waals surface area contributed by atoms with Crippen LogP contribution in [-0.4, -0.2) is 226 Å². The first-order chi connectivity index (χ1) is 26.1. The lowest BCUT2D eigenvalue weighted by atomic mass is 9.97. The van der Waals surface area contributed by atoms with Gasteiger partial charge in [0.2, 0.25) is 0 Å². The van der Waals surface area contributed by atoms with Crippen molar-refractivity contribution in [2.24, 2.45) is 0 Å². The number of rotatable bonds is 11. The van der Waals surface area contributed by atoms with E-state index in [4.69, 9.17) is 38.3 Å². The molecule has 0 unspecified atom stereocenters. The Kier molecular flexibility index (Phi) is 17.0. The Balaban J connectivity index is 0.000000258. The molecule has 4 fully saturated rings. The fraction of sp³-hybridized carbons (Fsp3) is 0.781. The van der Waals surface area contributed by atoms with E-state index in [1.165, 1.54) is 0 Å². The van der Waals surface area contributed by atoms with Crippen LogP contribution < -0.4 is 0 Å². The molecule has 21 atom stereocenters. The maximum absolute atomic E-state index is 10.3. The topological polar surface area (TPSA) is 392 Å². The van der Waals surface area contributed by atoms with Gasteiger partial charge in [0.25, 0.3) is 0 Å². The van der Waals surface area contributed by atoms with Crippen molar-refractivity contribution in [3.8, 4) is 6.07 Å². The van der Waals surface area contributed by atoms with Crippen molar-refractivity contribution >= 4 is 0 Å². The summed E-state index contributed by atoms with van der Waals surface area (Å²) in [5.74, 6) is 0. The molecule has 0 spiro atoms. The predicted molar refractivity (Wildman–Crippen MR) is 171 cm³/mol. The molecule has 0 bridgehead atoms. The first-order valence-electron chi connectivity index (χ1n) is 17.1. The molecule has 314 valence electrons. The van der Waals surface area contributed by atoms with Crippen LogP contribution in [0.4, 0.5) is 0 Å². The SMILES string of the molecule is N#C[C@H](O[C@@H]1O[C@H](CO[C@@H]2O[C@H](CO)[C@@H](O)[C@H](O)[C@H]2O)[C@@H](O)[C@H](O)[C@H]1O)c1ccccc1.OC[C@H]1O[C@@H](O[C@H]2[C@H](O)[C@@H](O)[C@H](O)O[C@@H]2CO)[C@H](O)[C@@H](O)[C@@H]1O. The van der Waals surface area contributed by atoms with Crippen LogP contribution in [0.25, 0.3) is 0 Å². The van der Waals surface area contributed by atoms with Crippen LogP contribution in [0.5, 0.6) is 0 Å². The number of hydrogen-bond donors (Lipinski definition) is 15. The van der Waals surface area contributed by atoms with E-state index < -0.39 is 155 Å². The van der Waals surface area contributed by atoms with Crippen molar-refractivity contribution in [2.75, 3.05) is 26.4 Å². The second-order valence-corrected chi connectivity index (χ2v) is 13.1. The van der Waals surface area contributed by atoms with E-state index in [0.717, 1.165) is 0 Å². The number of ether oxygens (including phenoxy) is 7. The Morgan fingerprint density at radius 1 is 0.527 bits per heavy atom. The first-order valence-corrected chi connectivity index (χ1v) is 17.1. The summed E-state index contributed by atoms with van der Waals surface area (Å²) < 4.78 is 36.9. The number of nitriles is 1. The Morgan fingerprint density at radius 3 is 1.53 bits per heavy atom. The van der Waals surface area contributed by atoms with Crippen molar-refractivity contribution < 1.29 is 110 Å². The van der Waals surface area contributed by atoms with Crippen molar-refractivity contribution in [3.05, 3.63) is 35.9 Å². The summed E-state index contributed by atoms with van der Waals surface area (Å²) in [6.07, 6.45) is -32.0. The molecule has 0 radical (unpaired) electrons. The van der Waals surface area contributed by atoms with Crippen LogP contribution in [0.15, 0.2) is 30.3 Å². The van der Waals surface area contributed by atoms with Gasteiger partial charge in [0.15, 0.2) is 31.3 Å². The molecule has 0 aromatic heterocycles. The lowest BCUT2D eigenvalue weighted by Crippen LogP contribution is -2.64. The van der Waals surface area contributed by atoms with E-state index in [-0.39, 0.29) is 0 Å². The zero-order valence-corrected chi connectivity index (χ0v) is 28.9. The summed E-state index contributed by atoms with van der Waals surface area (Å²) in [6.45, 7) is -2.48. The Labute approximate surface area is 312 Å². The zero-order valence-electron chi connectivity index (χ0n) is 28.9. The largest absolute Gasteiger partial charge is 0.394 e. The standard InChI is InChI=1S/C20H27NO11.C12H22O11/c21-6-10(9-4-2-1-3-5-9)30-20-18(28)16(26)14(24)12(32-20)8-29-19-17(27)15(25)13(23)11(7-22)31-19;13-1-3-5(15)6(16)9(19)12(22-3)23-10-4(2-14)21-11(20)8(18)7(10)17/h1-5,10-20,22-28H,7-8H2;3-20H,1-2H2/t10-,11+,12+,13+,14+,15-,16-,17+,18+,19+,20+;3-,4-,5-,6+,7-,8-,9-,10-,11-,12+/m01/s1. The van der Waals surface area contributed by atoms with Gasteiger partial charge in [-0.2, -0.15) is 5.26 Å². The molecule has 4 saturated heterocycles. The molecule has 0 saturated carbocycles. The highest BCUT2D eigenvalue weighted by atomic mass is 16.7. The van der Waals surface area contributed by atoms with Crippen molar-refractivity contribution in [1.29, 1.82) is 5.26 Å². The highest BCUT2D eigenvalue weighted by molar-refractivity contribution is 5.22. The van der Waals surface area contributed by atoms with Crippen LogP contribution in [-0.2, 0) is 33.2 Å². The highest BCUT2D eigenvalue weighted by Gasteiger charge is 2.51. The van der Waals surface area contributed by atoms with Gasteiger partial charge in [0.1, 0.15) is 97.7 Å². The van der Waals surface area contributed by atoms with E-state index in [0.29, 0.717) is 5.56 Å². The minimum Gasteiger partial charge on any atom is -0.394 e.